The van der Waals surface area contributed by atoms with Crippen LogP contribution in [0.15, 0.2) is 58.8 Å². The number of nitrogens with two attached hydrogens (primary N) is 1. The lowest BCUT2D eigenvalue weighted by Crippen LogP contribution is -2.54. The summed E-state index contributed by atoms with van der Waals surface area (Å²) in [5, 5.41) is 4.42. The first-order valence-electron chi connectivity index (χ1n) is 13.2. The van der Waals surface area contributed by atoms with E-state index in [1.807, 2.05) is 6.92 Å². The summed E-state index contributed by atoms with van der Waals surface area (Å²) >= 11 is 12.8. The molecular weight excluding hydrogens is 596 g/mol. The van der Waals surface area contributed by atoms with Gasteiger partial charge in [-0.1, -0.05) is 61.4 Å². The standard InChI is InChI=1S/C28H36Cl2N5O3.2ClH/c1-19-17-35(26(37)16-32-20-9-6-4-3-5-7-10-20)14-13-24(34(2)25(36)15-31)27(28(35)33-19)38-18-21-22(29)11-8-12-23(21)30;;/h8,11-14,17,20,32H,3-7,9-10,15-16,18,31H2,1-2H3;2*1H/q+1;;. The summed E-state index contributed by atoms with van der Waals surface area (Å²) in [6.45, 7) is 1.88. The number of benzene rings is 1. The Balaban J connectivity index is 0.00000280. The Morgan fingerprint density at radius 3 is 2.38 bits per heavy atom. The van der Waals surface area contributed by atoms with Gasteiger partial charge in [0.05, 0.1) is 17.9 Å². The van der Waals surface area contributed by atoms with Crippen LogP contribution in [0.4, 0.5) is 0 Å². The predicted molar refractivity (Wildman–Crippen MR) is 164 cm³/mol. The molecule has 3 N–H and O–H groups in total. The topological polar surface area (TPSA) is 97.0 Å². The van der Waals surface area contributed by atoms with Crippen molar-refractivity contribution in [2.45, 2.75) is 64.5 Å². The van der Waals surface area contributed by atoms with Crippen molar-refractivity contribution >= 4 is 65.7 Å². The number of hydrogen-bond acceptors (Lipinski definition) is 6. The molecule has 0 spiro atoms. The van der Waals surface area contributed by atoms with Crippen LogP contribution in [0.3, 0.4) is 0 Å². The molecule has 1 aromatic carbocycles. The molecule has 3 aliphatic rings. The first kappa shape index (κ1) is 34.3. The van der Waals surface area contributed by atoms with E-state index in [2.05, 4.69) is 5.32 Å². The molecule has 2 amide bonds. The van der Waals surface area contributed by atoms with E-state index < -0.39 is 0 Å². The highest BCUT2D eigenvalue weighted by Gasteiger charge is 2.49. The molecule has 40 heavy (non-hydrogen) atoms. The molecule has 8 nitrogen and oxygen atoms in total. The number of ether oxygens (including phenoxy) is 1. The van der Waals surface area contributed by atoms with Crippen LogP contribution in [0, 0.1) is 0 Å². The molecule has 1 fully saturated rings. The Hall–Kier alpha value is -1.91. The van der Waals surface area contributed by atoms with Gasteiger partial charge in [0.25, 0.3) is 5.84 Å². The third kappa shape index (κ3) is 7.48. The summed E-state index contributed by atoms with van der Waals surface area (Å²) in [6.07, 6.45) is 13.5. The normalized spacial score (nSPS) is 20.7. The van der Waals surface area contributed by atoms with Crippen molar-refractivity contribution in [2.75, 3.05) is 20.1 Å². The molecule has 1 aromatic rings. The van der Waals surface area contributed by atoms with E-state index in [-0.39, 0.29) is 60.8 Å². The Morgan fingerprint density at radius 1 is 1.12 bits per heavy atom. The predicted octanol–water partition coefficient (Wildman–Crippen LogP) is 5.83. The van der Waals surface area contributed by atoms with E-state index in [1.54, 1.807) is 43.7 Å². The number of aliphatic imine (C=N–C) groups is 1. The highest BCUT2D eigenvalue weighted by atomic mass is 35.5. The lowest BCUT2D eigenvalue weighted by atomic mass is 9.97. The van der Waals surface area contributed by atoms with E-state index in [9.17, 15) is 9.59 Å². The largest absolute Gasteiger partial charge is 0.480 e. The first-order chi connectivity index (χ1) is 18.3. The molecule has 2 heterocycles. The van der Waals surface area contributed by atoms with Crippen LogP contribution >= 0.6 is 48.0 Å². The average Bonchev–Trinajstić information content (AvgIpc) is 3.24. The lowest BCUT2D eigenvalue weighted by molar-refractivity contribution is -0.646. The molecule has 0 bridgehead atoms. The van der Waals surface area contributed by atoms with Crippen molar-refractivity contribution < 1.29 is 18.8 Å². The van der Waals surface area contributed by atoms with E-state index in [1.165, 1.54) is 37.0 Å². The summed E-state index contributed by atoms with van der Waals surface area (Å²) < 4.78 is 6.06. The monoisotopic (exact) mass is 632 g/mol. The summed E-state index contributed by atoms with van der Waals surface area (Å²) in [4.78, 5) is 32.5. The van der Waals surface area contributed by atoms with Crippen molar-refractivity contribution in [1.29, 1.82) is 0 Å². The van der Waals surface area contributed by atoms with Gasteiger partial charge >= 0.3 is 5.91 Å². The zero-order valence-corrected chi connectivity index (χ0v) is 26.0. The van der Waals surface area contributed by atoms with E-state index in [0.29, 0.717) is 44.6 Å². The second-order valence-corrected chi connectivity index (χ2v) is 10.8. The number of carbonyl (C=O) groups excluding carboxylic acids is 2. The maximum atomic E-state index is 13.9. The number of rotatable bonds is 8. The van der Waals surface area contributed by atoms with E-state index >= 15 is 0 Å². The maximum absolute atomic E-state index is 13.9. The SMILES string of the molecule is CC1=C[N+]2(C(=O)CNC3CCCCCCC3)C=CC(N(C)C(=O)CN)=C(OCc3c(Cl)cccc3Cl)C2=N1.Cl.Cl. The summed E-state index contributed by atoms with van der Waals surface area (Å²) in [7, 11) is 1.62. The van der Waals surface area contributed by atoms with Crippen LogP contribution in [-0.4, -0.2) is 53.2 Å². The number of amides is 2. The Bertz CT molecular complexity index is 1190. The molecule has 1 aliphatic carbocycles. The highest BCUT2D eigenvalue weighted by Crippen LogP contribution is 2.35. The van der Waals surface area contributed by atoms with Gasteiger partial charge in [-0.2, -0.15) is 9.48 Å². The molecule has 220 valence electrons. The molecular formula is C28H38Cl4N5O3+. The van der Waals surface area contributed by atoms with Crippen molar-refractivity contribution in [2.24, 2.45) is 10.7 Å². The first-order valence-corrected chi connectivity index (χ1v) is 13.9. The third-order valence-electron chi connectivity index (χ3n) is 7.32. The van der Waals surface area contributed by atoms with Crippen LogP contribution in [0.25, 0.3) is 0 Å². The molecule has 4 rings (SSSR count). The van der Waals surface area contributed by atoms with E-state index in [4.69, 9.17) is 38.7 Å². The van der Waals surface area contributed by atoms with Gasteiger partial charge in [0.2, 0.25) is 11.7 Å². The number of fused-ring (bicyclic) bond motifs is 1. The minimum absolute atomic E-state index is 0. The second-order valence-electron chi connectivity index (χ2n) is 9.98. The number of halogens is 4. The number of nitrogens with zero attached hydrogens (tertiary/aromatic N) is 3. The molecule has 0 radical (unpaired) electrons. The Labute approximate surface area is 258 Å². The van der Waals surface area contributed by atoms with Gasteiger partial charge in [-0.3, -0.25) is 4.79 Å². The number of hydrogen-bond donors (Lipinski definition) is 2. The van der Waals surface area contributed by atoms with Gasteiger partial charge in [-0.05, 0) is 31.9 Å². The second kappa shape index (κ2) is 15.4. The fourth-order valence-electron chi connectivity index (χ4n) is 5.13. The molecule has 0 saturated heterocycles. The van der Waals surface area contributed by atoms with Crippen molar-refractivity contribution in [3.8, 4) is 0 Å². The molecule has 0 aromatic heterocycles. The molecule has 1 unspecified atom stereocenters. The Kier molecular flexibility index (Phi) is 13.2. The quantitative estimate of drug-likeness (QED) is 0.351. The van der Waals surface area contributed by atoms with Crippen LogP contribution in [0.1, 0.15) is 57.4 Å². The van der Waals surface area contributed by atoms with E-state index in [0.717, 1.165) is 12.8 Å². The van der Waals surface area contributed by atoms with Crippen LogP contribution in [-0.2, 0) is 20.9 Å². The van der Waals surface area contributed by atoms with Gasteiger partial charge in [-0.15, -0.1) is 24.8 Å². The van der Waals surface area contributed by atoms with Gasteiger partial charge in [-0.25, -0.2) is 4.79 Å². The van der Waals surface area contributed by atoms with Gasteiger partial charge in [0, 0.05) is 34.8 Å². The van der Waals surface area contributed by atoms with Crippen LogP contribution < -0.4 is 11.1 Å². The number of quaternary nitrogens is 1. The van der Waals surface area contributed by atoms with Gasteiger partial charge < -0.3 is 20.7 Å². The number of allylic oxidation sites excluding steroid dienone is 2. The lowest BCUT2D eigenvalue weighted by Gasteiger charge is -2.32. The number of likely N-dealkylation sites (N-methyl/N-ethyl adjacent to an activating group) is 1. The van der Waals surface area contributed by atoms with Crippen molar-refractivity contribution in [1.82, 2.24) is 10.2 Å². The zero-order valence-electron chi connectivity index (χ0n) is 22.8. The molecule has 1 saturated carbocycles. The number of amidine groups is 1. The average molecular weight is 634 g/mol. The highest BCUT2D eigenvalue weighted by molar-refractivity contribution is 6.35. The summed E-state index contributed by atoms with van der Waals surface area (Å²) in [5.41, 5.74) is 7.38. The minimum Gasteiger partial charge on any atom is -0.480 e. The van der Waals surface area contributed by atoms with Gasteiger partial charge in [0.1, 0.15) is 25.6 Å². The Morgan fingerprint density at radius 2 is 1.75 bits per heavy atom. The fourth-order valence-corrected chi connectivity index (χ4v) is 5.64. The van der Waals surface area contributed by atoms with Crippen molar-refractivity contribution in [3.05, 3.63) is 69.4 Å². The van der Waals surface area contributed by atoms with Crippen LogP contribution in [0.2, 0.25) is 10.0 Å². The fraction of sp³-hybridized carbons (Fsp3) is 0.464. The molecule has 1 atom stereocenters. The zero-order chi connectivity index (χ0) is 27.3. The summed E-state index contributed by atoms with van der Waals surface area (Å²) in [6, 6.07) is 5.54. The van der Waals surface area contributed by atoms with Crippen LogP contribution in [0.5, 0.6) is 0 Å². The molecule has 2 aliphatic heterocycles. The number of carbonyl (C=O) groups is 2. The van der Waals surface area contributed by atoms with Crippen molar-refractivity contribution in [3.63, 3.8) is 0 Å². The minimum atomic E-state index is -0.304. The molecule has 12 heteroatoms. The summed E-state index contributed by atoms with van der Waals surface area (Å²) in [5.74, 6) is 0.314. The number of nitrogens with one attached hydrogen (secondary N) is 1. The third-order valence-corrected chi connectivity index (χ3v) is 8.03. The maximum Gasteiger partial charge on any atom is 0.343 e. The van der Waals surface area contributed by atoms with Gasteiger partial charge in [0.15, 0.2) is 0 Å². The smallest absolute Gasteiger partial charge is 0.343 e.